The Labute approximate surface area is 187 Å². The normalized spacial score (nSPS) is 11.4. The van der Waals surface area contributed by atoms with Crippen LogP contribution in [0.5, 0.6) is 5.75 Å². The largest absolute Gasteiger partial charge is 0.497 e. The summed E-state index contributed by atoms with van der Waals surface area (Å²) in [5.41, 5.74) is 2.43. The van der Waals surface area contributed by atoms with E-state index in [1.165, 1.54) is 16.7 Å². The van der Waals surface area contributed by atoms with Gasteiger partial charge in [0.1, 0.15) is 5.75 Å². The average Bonchev–Trinajstić information content (AvgIpc) is 2.77. The van der Waals surface area contributed by atoms with Crippen molar-refractivity contribution in [2.24, 2.45) is 0 Å². The molecule has 2 aromatic carbocycles. The van der Waals surface area contributed by atoms with Crippen molar-refractivity contribution >= 4 is 40.9 Å². The molecule has 31 heavy (non-hydrogen) atoms. The molecule has 0 aromatic heterocycles. The summed E-state index contributed by atoms with van der Waals surface area (Å²) in [4.78, 5) is 38.8. The number of carbonyl (C=O) groups excluding carboxylic acids is 3. The van der Waals surface area contributed by atoms with Crippen LogP contribution < -0.4 is 15.4 Å². The zero-order valence-electron chi connectivity index (χ0n) is 18.3. The summed E-state index contributed by atoms with van der Waals surface area (Å²) >= 11 is 1.24. The molecule has 7 nitrogen and oxygen atoms in total. The number of anilines is 2. The highest BCUT2D eigenvalue weighted by atomic mass is 32.2. The highest BCUT2D eigenvalue weighted by Crippen LogP contribution is 2.18. The number of amides is 3. The number of carbonyl (C=O) groups is 3. The highest BCUT2D eigenvalue weighted by Gasteiger charge is 2.22. The van der Waals surface area contributed by atoms with E-state index in [0.29, 0.717) is 18.0 Å². The molecular formula is C23H29N3O4S. The molecular weight excluding hydrogens is 414 g/mol. The second-order valence-corrected chi connectivity index (χ2v) is 8.33. The van der Waals surface area contributed by atoms with Crippen molar-refractivity contribution in [2.75, 3.05) is 36.6 Å². The SMILES string of the molecule is CCN(CC(=O)Nc1cccc(OC)c1)C(=O)C(C)SCC(=O)Nc1ccc(C)cc1. The van der Waals surface area contributed by atoms with Crippen LogP contribution in [0.2, 0.25) is 0 Å². The maximum atomic E-state index is 12.7. The lowest BCUT2D eigenvalue weighted by atomic mass is 10.2. The molecule has 1 unspecified atom stereocenters. The van der Waals surface area contributed by atoms with E-state index in [9.17, 15) is 14.4 Å². The topological polar surface area (TPSA) is 87.7 Å². The standard InChI is InChI=1S/C23H29N3O4S/c1-5-26(14-21(27)25-19-7-6-8-20(13-19)30-4)23(29)17(3)31-15-22(28)24-18-11-9-16(2)10-12-18/h6-13,17H,5,14-15H2,1-4H3,(H,24,28)(H,25,27). The van der Waals surface area contributed by atoms with Gasteiger partial charge in [-0.05, 0) is 45.0 Å². The fourth-order valence-electron chi connectivity index (χ4n) is 2.78. The Morgan fingerprint density at radius 2 is 1.71 bits per heavy atom. The van der Waals surface area contributed by atoms with Crippen LogP contribution in [0.4, 0.5) is 11.4 Å². The van der Waals surface area contributed by atoms with Crippen molar-refractivity contribution in [3.63, 3.8) is 0 Å². The van der Waals surface area contributed by atoms with Gasteiger partial charge in [-0.1, -0.05) is 23.8 Å². The number of hydrogen-bond donors (Lipinski definition) is 2. The predicted molar refractivity (Wildman–Crippen MR) is 126 cm³/mol. The third-order valence-corrected chi connectivity index (χ3v) is 5.66. The minimum atomic E-state index is -0.451. The lowest BCUT2D eigenvalue weighted by molar-refractivity contribution is -0.133. The van der Waals surface area contributed by atoms with Crippen LogP contribution in [-0.4, -0.2) is 53.8 Å². The summed E-state index contributed by atoms with van der Waals surface area (Å²) in [5, 5.41) is 5.14. The van der Waals surface area contributed by atoms with Crippen LogP contribution in [0.15, 0.2) is 48.5 Å². The van der Waals surface area contributed by atoms with Gasteiger partial charge in [0.25, 0.3) is 0 Å². The average molecular weight is 444 g/mol. The van der Waals surface area contributed by atoms with Gasteiger partial charge in [-0.15, -0.1) is 11.8 Å². The first kappa shape index (κ1) is 24.3. The van der Waals surface area contributed by atoms with E-state index < -0.39 is 5.25 Å². The van der Waals surface area contributed by atoms with E-state index in [-0.39, 0.29) is 30.0 Å². The number of likely N-dealkylation sites (N-methyl/N-ethyl adjacent to an activating group) is 1. The van der Waals surface area contributed by atoms with Crippen molar-refractivity contribution in [2.45, 2.75) is 26.0 Å². The molecule has 0 saturated carbocycles. The Morgan fingerprint density at radius 1 is 1.03 bits per heavy atom. The highest BCUT2D eigenvalue weighted by molar-refractivity contribution is 8.01. The maximum Gasteiger partial charge on any atom is 0.243 e. The Kier molecular flexibility index (Phi) is 9.40. The fourth-order valence-corrected chi connectivity index (χ4v) is 3.55. The molecule has 166 valence electrons. The third-order valence-electron chi connectivity index (χ3n) is 4.53. The van der Waals surface area contributed by atoms with Crippen molar-refractivity contribution in [1.29, 1.82) is 0 Å². The number of rotatable bonds is 10. The Morgan fingerprint density at radius 3 is 2.35 bits per heavy atom. The van der Waals surface area contributed by atoms with Crippen molar-refractivity contribution in [3.05, 3.63) is 54.1 Å². The van der Waals surface area contributed by atoms with Gasteiger partial charge in [-0.2, -0.15) is 0 Å². The number of hydrogen-bond acceptors (Lipinski definition) is 5. The van der Waals surface area contributed by atoms with Crippen LogP contribution in [-0.2, 0) is 14.4 Å². The van der Waals surface area contributed by atoms with Gasteiger partial charge in [-0.25, -0.2) is 0 Å². The predicted octanol–water partition coefficient (Wildman–Crippen LogP) is 3.55. The molecule has 0 aliphatic heterocycles. The van der Waals surface area contributed by atoms with E-state index in [4.69, 9.17) is 4.74 Å². The van der Waals surface area contributed by atoms with Crippen LogP contribution in [0, 0.1) is 6.92 Å². The lowest BCUT2D eigenvalue weighted by Gasteiger charge is -2.23. The monoisotopic (exact) mass is 443 g/mol. The fraction of sp³-hybridized carbons (Fsp3) is 0.348. The van der Waals surface area contributed by atoms with E-state index in [1.807, 2.05) is 38.1 Å². The second-order valence-electron chi connectivity index (χ2n) is 7.00. The molecule has 0 saturated heterocycles. The van der Waals surface area contributed by atoms with E-state index in [0.717, 1.165) is 11.3 Å². The molecule has 2 N–H and O–H groups in total. The molecule has 0 bridgehead atoms. The van der Waals surface area contributed by atoms with Gasteiger partial charge < -0.3 is 20.3 Å². The molecule has 2 aromatic rings. The maximum absolute atomic E-state index is 12.7. The summed E-state index contributed by atoms with van der Waals surface area (Å²) in [5.74, 6) is 0.130. The van der Waals surface area contributed by atoms with Gasteiger partial charge in [0.2, 0.25) is 17.7 Å². The Bertz CT molecular complexity index is 902. The summed E-state index contributed by atoms with van der Waals surface area (Å²) in [7, 11) is 1.55. The smallest absolute Gasteiger partial charge is 0.243 e. The lowest BCUT2D eigenvalue weighted by Crippen LogP contribution is -2.41. The summed E-state index contributed by atoms with van der Waals surface area (Å²) in [6.07, 6.45) is 0. The molecule has 0 aliphatic rings. The molecule has 3 amide bonds. The first-order valence-electron chi connectivity index (χ1n) is 10.0. The zero-order valence-corrected chi connectivity index (χ0v) is 19.1. The zero-order chi connectivity index (χ0) is 22.8. The number of aryl methyl sites for hydroxylation is 1. The molecule has 0 aliphatic carbocycles. The molecule has 8 heteroatoms. The first-order valence-corrected chi connectivity index (χ1v) is 11.1. The number of thioether (sulfide) groups is 1. The number of nitrogens with one attached hydrogen (secondary N) is 2. The molecule has 0 spiro atoms. The van der Waals surface area contributed by atoms with Crippen LogP contribution >= 0.6 is 11.8 Å². The van der Waals surface area contributed by atoms with Gasteiger partial charge in [0, 0.05) is 24.0 Å². The summed E-state index contributed by atoms with van der Waals surface area (Å²) in [6.45, 7) is 5.87. The van der Waals surface area contributed by atoms with Gasteiger partial charge in [0.05, 0.1) is 24.7 Å². The number of methoxy groups -OCH3 is 1. The van der Waals surface area contributed by atoms with Gasteiger partial charge >= 0.3 is 0 Å². The molecule has 0 radical (unpaired) electrons. The van der Waals surface area contributed by atoms with E-state index >= 15 is 0 Å². The molecule has 0 heterocycles. The quantitative estimate of drug-likeness (QED) is 0.586. The Hall–Kier alpha value is -3.00. The van der Waals surface area contributed by atoms with Crippen molar-refractivity contribution in [3.8, 4) is 5.75 Å². The summed E-state index contributed by atoms with van der Waals surface area (Å²) in [6, 6.07) is 14.5. The minimum absolute atomic E-state index is 0.0625. The first-order chi connectivity index (χ1) is 14.8. The number of benzene rings is 2. The van der Waals surface area contributed by atoms with E-state index in [2.05, 4.69) is 10.6 Å². The molecule has 0 fully saturated rings. The number of nitrogens with zero attached hydrogens (tertiary/aromatic N) is 1. The van der Waals surface area contributed by atoms with Crippen LogP contribution in [0.1, 0.15) is 19.4 Å². The minimum Gasteiger partial charge on any atom is -0.497 e. The molecule has 2 rings (SSSR count). The van der Waals surface area contributed by atoms with Crippen LogP contribution in [0.25, 0.3) is 0 Å². The second kappa shape index (κ2) is 12.0. The summed E-state index contributed by atoms with van der Waals surface area (Å²) < 4.78 is 5.15. The third kappa shape index (κ3) is 7.97. The van der Waals surface area contributed by atoms with Crippen molar-refractivity contribution < 1.29 is 19.1 Å². The van der Waals surface area contributed by atoms with Gasteiger partial charge in [-0.3, -0.25) is 14.4 Å². The van der Waals surface area contributed by atoms with E-state index in [1.54, 1.807) is 38.3 Å². The van der Waals surface area contributed by atoms with Crippen LogP contribution in [0.3, 0.4) is 0 Å². The Balaban J connectivity index is 1.83. The van der Waals surface area contributed by atoms with Gasteiger partial charge in [0.15, 0.2) is 0 Å². The molecule has 1 atom stereocenters. The van der Waals surface area contributed by atoms with Crippen molar-refractivity contribution in [1.82, 2.24) is 4.90 Å². The number of ether oxygens (including phenoxy) is 1.